The van der Waals surface area contributed by atoms with Gasteiger partial charge in [-0.15, -0.1) is 10.2 Å². The van der Waals surface area contributed by atoms with Crippen LogP contribution in [0.5, 0.6) is 11.8 Å². The van der Waals surface area contributed by atoms with Crippen molar-refractivity contribution in [1.29, 1.82) is 0 Å². The minimum absolute atomic E-state index is 0. The first-order chi connectivity index (χ1) is 20.7. The molecule has 3 aromatic carbocycles. The lowest BCUT2D eigenvalue weighted by Gasteiger charge is -2.31. The van der Waals surface area contributed by atoms with Crippen LogP contribution in [0, 0.1) is 6.92 Å². The Kier molecular flexibility index (Phi) is 9.46. The second-order valence-electron chi connectivity index (χ2n) is 11.8. The number of hydrogen-bond donors (Lipinski definition) is 0. The van der Waals surface area contributed by atoms with Gasteiger partial charge in [0.15, 0.2) is 0 Å². The summed E-state index contributed by atoms with van der Waals surface area (Å²) in [5.74, 6) is 0.760. The van der Waals surface area contributed by atoms with E-state index < -0.39 is 17.8 Å². The summed E-state index contributed by atoms with van der Waals surface area (Å²) in [5, 5.41) is 10.6. The maximum Gasteiger partial charge on any atom is 0.416 e. The number of likely N-dealkylation sites (N-methyl/N-ethyl adjacent to an activating group) is 2. The normalized spacial score (nSPS) is 20.8. The molecule has 0 bridgehead atoms. The first kappa shape index (κ1) is 31.7. The Labute approximate surface area is 257 Å². The zero-order valence-corrected chi connectivity index (χ0v) is 24.7. The van der Waals surface area contributed by atoms with Crippen molar-refractivity contribution in [2.45, 2.75) is 70.5 Å². The predicted molar refractivity (Wildman–Crippen MR) is 167 cm³/mol. The Morgan fingerprint density at radius 2 is 1.14 bits per heavy atom. The fourth-order valence-corrected chi connectivity index (χ4v) is 6.46. The van der Waals surface area contributed by atoms with Gasteiger partial charge in [0.25, 0.3) is 0 Å². The van der Waals surface area contributed by atoms with Crippen molar-refractivity contribution >= 4 is 10.8 Å². The highest BCUT2D eigenvalue weighted by Crippen LogP contribution is 2.39. The fourth-order valence-electron chi connectivity index (χ4n) is 6.46. The Morgan fingerprint density at radius 1 is 0.705 bits per heavy atom. The first-order valence-electron chi connectivity index (χ1n) is 14.9. The summed E-state index contributed by atoms with van der Waals surface area (Å²) in [6.45, 7) is 3.97. The van der Waals surface area contributed by atoms with Crippen molar-refractivity contribution in [1.82, 2.24) is 20.0 Å². The number of nitrogens with zero attached hydrogens (tertiary/aromatic N) is 4. The molecule has 3 heterocycles. The Hall–Kier alpha value is -3.69. The first-order valence-corrected chi connectivity index (χ1v) is 14.9. The molecule has 2 aliphatic heterocycles. The van der Waals surface area contributed by atoms with Gasteiger partial charge in [0.2, 0.25) is 11.8 Å². The molecule has 6 nitrogen and oxygen atoms in total. The summed E-state index contributed by atoms with van der Waals surface area (Å²) in [4.78, 5) is 4.53. The van der Waals surface area contributed by atoms with Crippen LogP contribution in [-0.2, 0) is 6.18 Å². The summed E-state index contributed by atoms with van der Waals surface area (Å²) >= 11 is 0. The van der Waals surface area contributed by atoms with E-state index in [1.165, 1.54) is 17.7 Å². The number of alkyl halides is 3. The molecule has 0 saturated carbocycles. The molecule has 4 atom stereocenters. The van der Waals surface area contributed by atoms with E-state index in [-0.39, 0.29) is 25.6 Å². The van der Waals surface area contributed by atoms with Crippen LogP contribution >= 0.6 is 0 Å². The van der Waals surface area contributed by atoms with Gasteiger partial charge in [-0.2, -0.15) is 13.2 Å². The topological polar surface area (TPSA) is 50.7 Å². The van der Waals surface area contributed by atoms with Crippen LogP contribution in [0.25, 0.3) is 10.8 Å². The monoisotopic (exact) mass is 606 g/mol. The van der Waals surface area contributed by atoms with Crippen molar-refractivity contribution in [3.63, 3.8) is 0 Å². The number of fused-ring (bicyclic) bond motifs is 1. The molecule has 0 unspecified atom stereocenters. The molecule has 44 heavy (non-hydrogen) atoms. The maximum atomic E-state index is 13.3. The van der Waals surface area contributed by atoms with Crippen LogP contribution in [0.4, 0.5) is 13.2 Å². The smallest absolute Gasteiger partial charge is 0.416 e. The molecule has 0 N–H and O–H groups in total. The quantitative estimate of drug-likeness (QED) is 0.203. The Morgan fingerprint density at radius 3 is 1.52 bits per heavy atom. The van der Waals surface area contributed by atoms with Crippen molar-refractivity contribution in [2.75, 3.05) is 27.2 Å². The number of ether oxygens (including phenoxy) is 2. The lowest BCUT2D eigenvalue weighted by molar-refractivity contribution is -0.137. The molecule has 2 saturated heterocycles. The molecule has 0 spiro atoms. The van der Waals surface area contributed by atoms with Crippen molar-refractivity contribution < 1.29 is 22.6 Å². The van der Waals surface area contributed by atoms with E-state index in [9.17, 15) is 13.2 Å². The van der Waals surface area contributed by atoms with Crippen LogP contribution < -0.4 is 9.47 Å². The number of benzene rings is 3. The van der Waals surface area contributed by atoms with E-state index in [1.807, 2.05) is 31.3 Å². The van der Waals surface area contributed by atoms with E-state index in [0.29, 0.717) is 17.3 Å². The minimum atomic E-state index is -4.40. The van der Waals surface area contributed by atoms with Gasteiger partial charge in [-0.1, -0.05) is 61.5 Å². The number of aryl methyl sites for hydroxylation is 1. The summed E-state index contributed by atoms with van der Waals surface area (Å²) < 4.78 is 53.3. The van der Waals surface area contributed by atoms with Crippen LogP contribution in [0.15, 0.2) is 72.8 Å². The largest absolute Gasteiger partial charge is 0.466 e. The molecule has 9 heteroatoms. The highest BCUT2D eigenvalue weighted by molar-refractivity contribution is 5.90. The van der Waals surface area contributed by atoms with Crippen LogP contribution in [0.2, 0.25) is 0 Å². The lowest BCUT2D eigenvalue weighted by Crippen LogP contribution is -2.34. The second kappa shape index (κ2) is 13.1. The fraction of sp³-hybridized carbons (Fsp3) is 0.429. The van der Waals surface area contributed by atoms with E-state index >= 15 is 0 Å². The number of likely N-dealkylation sites (tertiary alicyclic amines) is 2. The highest BCUT2D eigenvalue weighted by atomic mass is 19.4. The van der Waals surface area contributed by atoms with Crippen LogP contribution in [-0.4, -0.2) is 59.3 Å². The lowest BCUT2D eigenvalue weighted by atomic mass is 9.98. The molecule has 0 radical (unpaired) electrons. The molecule has 0 aliphatic carbocycles. The molecule has 4 aromatic rings. The van der Waals surface area contributed by atoms with Gasteiger partial charge >= 0.3 is 6.18 Å². The van der Waals surface area contributed by atoms with Gasteiger partial charge in [0, 0.05) is 0 Å². The molecule has 234 valence electrons. The van der Waals surface area contributed by atoms with E-state index in [4.69, 9.17) is 9.47 Å². The maximum absolute atomic E-state index is 13.3. The van der Waals surface area contributed by atoms with Gasteiger partial charge in [-0.3, -0.25) is 9.80 Å². The summed E-state index contributed by atoms with van der Waals surface area (Å²) in [7, 11) is 4.15. The summed E-state index contributed by atoms with van der Waals surface area (Å²) in [6.07, 6.45) is -1.19. The number of aromatic nitrogens is 2. The zero-order valence-electron chi connectivity index (χ0n) is 24.7. The van der Waals surface area contributed by atoms with Gasteiger partial charge in [-0.05, 0) is 95.2 Å². The minimum Gasteiger partial charge on any atom is -0.466 e. The molecule has 0 amide bonds. The molecule has 1 aromatic heterocycles. The van der Waals surface area contributed by atoms with Gasteiger partial charge < -0.3 is 9.47 Å². The van der Waals surface area contributed by atoms with Gasteiger partial charge in [0.05, 0.1) is 28.4 Å². The number of hydrogen-bond acceptors (Lipinski definition) is 6. The molecule has 6 rings (SSSR count). The van der Waals surface area contributed by atoms with Crippen molar-refractivity contribution in [3.8, 4) is 11.8 Å². The van der Waals surface area contributed by atoms with Crippen LogP contribution in [0.3, 0.4) is 0 Å². The van der Waals surface area contributed by atoms with E-state index in [0.717, 1.165) is 67.2 Å². The average molecular weight is 607 g/mol. The standard InChI is InChI=1S/C34H37F3N4O2.CH4/c1-22-12-14-23(15-13-22)30(28-10-6-20-40(28)2)42-32-26-8-4-5-9-27(26)33(39-38-32)43-31(29-11-7-21-41(29)3)24-16-18-25(19-17-24)34(35,36)37;/h4-5,8-9,12-19,28-31H,6-7,10-11,20-21H2,1-3H3;1H4/t28-,29-,30+,31+;/m0./s1. The summed E-state index contributed by atoms with van der Waals surface area (Å²) in [6, 6.07) is 21.6. The Balaban J connectivity index is 0.00000384. The zero-order chi connectivity index (χ0) is 30.1. The van der Waals surface area contributed by atoms with Crippen molar-refractivity contribution in [3.05, 3.63) is 95.1 Å². The van der Waals surface area contributed by atoms with Crippen LogP contribution in [0.1, 0.15) is 67.6 Å². The number of halogens is 3. The Bertz CT molecular complexity index is 1540. The molecular weight excluding hydrogens is 565 g/mol. The molecule has 2 fully saturated rings. The second-order valence-corrected chi connectivity index (χ2v) is 11.8. The van der Waals surface area contributed by atoms with Gasteiger partial charge in [0.1, 0.15) is 12.2 Å². The SMILES string of the molecule is C.Cc1ccc([C@@H](Oc2nnc(O[C@H](c3ccc(C(F)(F)F)cc3)[C@@H]3CCCN3C)c3ccccc23)[C@@H]2CCCN2C)cc1. The third-order valence-electron chi connectivity index (χ3n) is 8.92. The average Bonchev–Trinajstić information content (AvgIpc) is 3.63. The third kappa shape index (κ3) is 6.54. The predicted octanol–water partition coefficient (Wildman–Crippen LogP) is 8.02. The number of rotatable bonds is 8. The molecular formula is C35H41F3N4O2. The third-order valence-corrected chi connectivity index (χ3v) is 8.92. The van der Waals surface area contributed by atoms with E-state index in [1.54, 1.807) is 0 Å². The van der Waals surface area contributed by atoms with Gasteiger partial charge in [-0.25, -0.2) is 0 Å². The van der Waals surface area contributed by atoms with E-state index in [2.05, 4.69) is 58.2 Å². The summed E-state index contributed by atoms with van der Waals surface area (Å²) in [5.41, 5.74) is 2.26. The van der Waals surface area contributed by atoms with Crippen molar-refractivity contribution in [2.24, 2.45) is 0 Å². The highest BCUT2D eigenvalue weighted by Gasteiger charge is 2.36. The molecule has 2 aliphatic rings.